The van der Waals surface area contributed by atoms with Gasteiger partial charge >= 0.3 is 6.09 Å². The molecule has 5 heteroatoms. The van der Waals surface area contributed by atoms with E-state index in [2.05, 4.69) is 16.4 Å². The molecule has 80 valence electrons. The molecule has 2 rings (SSSR count). The molecule has 0 bridgehead atoms. The molecule has 1 aromatic carbocycles. The lowest BCUT2D eigenvalue weighted by Crippen LogP contribution is -2.06. The maximum atomic E-state index is 10.5. The van der Waals surface area contributed by atoms with E-state index in [0.29, 0.717) is 12.1 Å². The molecule has 1 heterocycles. The van der Waals surface area contributed by atoms with E-state index >= 15 is 0 Å². The van der Waals surface area contributed by atoms with Crippen LogP contribution in [0.3, 0.4) is 0 Å². The van der Waals surface area contributed by atoms with Gasteiger partial charge in [0.15, 0.2) is 0 Å². The molecule has 16 heavy (non-hydrogen) atoms. The van der Waals surface area contributed by atoms with Crippen LogP contribution in [0.15, 0.2) is 24.4 Å². The van der Waals surface area contributed by atoms with Gasteiger partial charge in [-0.1, -0.05) is 0 Å². The van der Waals surface area contributed by atoms with Crippen LogP contribution >= 0.6 is 0 Å². The fraction of sp³-hybridized carbons (Fsp3) is 0.0909. The zero-order valence-corrected chi connectivity index (χ0v) is 8.32. The largest absolute Gasteiger partial charge is 0.465 e. The SMILES string of the molecule is N#CCc1c[nH]c2ccc(NC(=O)O)cc12. The number of benzene rings is 1. The second-order valence-corrected chi connectivity index (χ2v) is 3.34. The Balaban J connectivity index is 2.46. The van der Waals surface area contributed by atoms with Crippen molar-refractivity contribution < 1.29 is 9.90 Å². The molecule has 5 nitrogen and oxygen atoms in total. The second-order valence-electron chi connectivity index (χ2n) is 3.34. The number of nitrogens with one attached hydrogen (secondary N) is 2. The summed E-state index contributed by atoms with van der Waals surface area (Å²) in [5, 5.41) is 20.4. The van der Waals surface area contributed by atoms with E-state index in [1.807, 2.05) is 0 Å². The third kappa shape index (κ3) is 1.81. The first-order chi connectivity index (χ1) is 7.70. The minimum absolute atomic E-state index is 0.302. The highest BCUT2D eigenvalue weighted by Crippen LogP contribution is 2.22. The highest BCUT2D eigenvalue weighted by Gasteiger charge is 2.05. The quantitative estimate of drug-likeness (QED) is 0.718. The first-order valence-electron chi connectivity index (χ1n) is 4.67. The Kier molecular flexibility index (Phi) is 2.48. The third-order valence-corrected chi connectivity index (χ3v) is 2.29. The summed E-state index contributed by atoms with van der Waals surface area (Å²) in [6, 6.07) is 7.23. The van der Waals surface area contributed by atoms with Gasteiger partial charge in [-0.15, -0.1) is 0 Å². The number of rotatable bonds is 2. The number of anilines is 1. The van der Waals surface area contributed by atoms with Crippen molar-refractivity contribution in [3.63, 3.8) is 0 Å². The maximum absolute atomic E-state index is 10.5. The number of H-pyrrole nitrogens is 1. The average Bonchev–Trinajstić information content (AvgIpc) is 2.61. The van der Waals surface area contributed by atoms with Crippen LogP contribution < -0.4 is 5.32 Å². The zero-order valence-electron chi connectivity index (χ0n) is 8.32. The number of amides is 1. The van der Waals surface area contributed by atoms with Gasteiger partial charge in [-0.25, -0.2) is 4.79 Å². The fourth-order valence-corrected chi connectivity index (χ4v) is 1.61. The van der Waals surface area contributed by atoms with Crippen LogP contribution in [-0.4, -0.2) is 16.2 Å². The van der Waals surface area contributed by atoms with E-state index in [4.69, 9.17) is 10.4 Å². The Morgan fingerprint density at radius 2 is 2.38 bits per heavy atom. The van der Waals surface area contributed by atoms with E-state index in [1.54, 1.807) is 24.4 Å². The number of carbonyl (C=O) groups is 1. The average molecular weight is 215 g/mol. The molecule has 0 aliphatic carbocycles. The number of hydrogen-bond acceptors (Lipinski definition) is 2. The van der Waals surface area contributed by atoms with E-state index in [0.717, 1.165) is 16.5 Å². The monoisotopic (exact) mass is 215 g/mol. The summed E-state index contributed by atoms with van der Waals surface area (Å²) in [7, 11) is 0. The molecule has 0 fully saturated rings. The van der Waals surface area contributed by atoms with Crippen molar-refractivity contribution in [2.45, 2.75) is 6.42 Å². The van der Waals surface area contributed by atoms with Crippen molar-refractivity contribution in [1.82, 2.24) is 4.98 Å². The topological polar surface area (TPSA) is 88.9 Å². The minimum Gasteiger partial charge on any atom is -0.465 e. The summed E-state index contributed by atoms with van der Waals surface area (Å²) in [4.78, 5) is 13.5. The Morgan fingerprint density at radius 1 is 1.56 bits per heavy atom. The summed E-state index contributed by atoms with van der Waals surface area (Å²) in [5.41, 5.74) is 2.26. The predicted molar refractivity (Wildman–Crippen MR) is 59.3 cm³/mol. The molecule has 0 unspecified atom stereocenters. The van der Waals surface area contributed by atoms with Gasteiger partial charge in [0.05, 0.1) is 12.5 Å². The van der Waals surface area contributed by atoms with Crippen LogP contribution in [0.25, 0.3) is 10.9 Å². The van der Waals surface area contributed by atoms with Crippen LogP contribution in [0.1, 0.15) is 5.56 Å². The van der Waals surface area contributed by atoms with Gasteiger partial charge in [-0.3, -0.25) is 5.32 Å². The lowest BCUT2D eigenvalue weighted by Gasteiger charge is -2.01. The van der Waals surface area contributed by atoms with E-state index in [-0.39, 0.29) is 0 Å². The molecule has 0 atom stereocenters. The van der Waals surface area contributed by atoms with Gasteiger partial charge in [-0.05, 0) is 23.8 Å². The molecule has 0 saturated carbocycles. The Hall–Kier alpha value is -2.48. The molecule has 3 N–H and O–H groups in total. The van der Waals surface area contributed by atoms with E-state index < -0.39 is 6.09 Å². The number of carboxylic acid groups (broad SMARTS) is 1. The lowest BCUT2D eigenvalue weighted by molar-refractivity contribution is 0.210. The lowest BCUT2D eigenvalue weighted by atomic mass is 10.1. The van der Waals surface area contributed by atoms with Crippen LogP contribution in [-0.2, 0) is 6.42 Å². The summed E-state index contributed by atoms with van der Waals surface area (Å²) in [6.07, 6.45) is 0.964. The molecule has 0 aliphatic heterocycles. The number of nitriles is 1. The normalized spacial score (nSPS) is 9.94. The minimum atomic E-state index is -1.10. The summed E-state index contributed by atoms with van der Waals surface area (Å²) >= 11 is 0. The first kappa shape index (κ1) is 10.1. The Labute approximate surface area is 91.3 Å². The fourth-order valence-electron chi connectivity index (χ4n) is 1.61. The summed E-state index contributed by atoms with van der Waals surface area (Å²) in [5.74, 6) is 0. The van der Waals surface area contributed by atoms with Gasteiger partial charge in [0.2, 0.25) is 0 Å². The van der Waals surface area contributed by atoms with Crippen LogP contribution in [0.2, 0.25) is 0 Å². The van der Waals surface area contributed by atoms with Crippen molar-refractivity contribution >= 4 is 22.7 Å². The molecule has 0 spiro atoms. The van der Waals surface area contributed by atoms with Crippen molar-refractivity contribution in [3.8, 4) is 6.07 Å². The maximum Gasteiger partial charge on any atom is 0.409 e. The number of fused-ring (bicyclic) bond motifs is 1. The van der Waals surface area contributed by atoms with Crippen molar-refractivity contribution in [1.29, 1.82) is 5.26 Å². The third-order valence-electron chi connectivity index (χ3n) is 2.29. The van der Waals surface area contributed by atoms with E-state index in [9.17, 15) is 4.79 Å². The molecule has 1 aromatic heterocycles. The molecule has 0 saturated heterocycles. The summed E-state index contributed by atoms with van der Waals surface area (Å²) in [6.45, 7) is 0. The molecule has 0 radical (unpaired) electrons. The Morgan fingerprint density at radius 3 is 3.06 bits per heavy atom. The number of aromatic nitrogens is 1. The van der Waals surface area contributed by atoms with Gasteiger partial charge in [0, 0.05) is 22.8 Å². The highest BCUT2D eigenvalue weighted by molar-refractivity contribution is 5.91. The zero-order chi connectivity index (χ0) is 11.5. The van der Waals surface area contributed by atoms with Crippen LogP contribution in [0.4, 0.5) is 10.5 Å². The highest BCUT2D eigenvalue weighted by atomic mass is 16.4. The number of hydrogen-bond donors (Lipinski definition) is 3. The summed E-state index contributed by atoms with van der Waals surface area (Å²) < 4.78 is 0. The van der Waals surface area contributed by atoms with Crippen LogP contribution in [0.5, 0.6) is 0 Å². The van der Waals surface area contributed by atoms with Crippen LogP contribution in [0, 0.1) is 11.3 Å². The molecule has 0 aliphatic rings. The standard InChI is InChI=1S/C11H9N3O2/c12-4-3-7-6-13-10-2-1-8(5-9(7)10)14-11(15)16/h1-2,5-6,13-14H,3H2,(H,15,16). The van der Waals surface area contributed by atoms with E-state index in [1.165, 1.54) is 0 Å². The smallest absolute Gasteiger partial charge is 0.409 e. The molecule has 1 amide bonds. The van der Waals surface area contributed by atoms with Gasteiger partial charge in [-0.2, -0.15) is 5.26 Å². The van der Waals surface area contributed by atoms with Crippen molar-refractivity contribution in [3.05, 3.63) is 30.0 Å². The molecule has 2 aromatic rings. The number of aromatic amines is 1. The first-order valence-corrected chi connectivity index (χ1v) is 4.67. The van der Waals surface area contributed by atoms with Gasteiger partial charge in [0.25, 0.3) is 0 Å². The number of nitrogens with zero attached hydrogens (tertiary/aromatic N) is 1. The molecular weight excluding hydrogens is 206 g/mol. The van der Waals surface area contributed by atoms with Gasteiger partial charge < -0.3 is 10.1 Å². The molecular formula is C11H9N3O2. The predicted octanol–water partition coefficient (Wildman–Crippen LogP) is 2.32. The van der Waals surface area contributed by atoms with Crippen molar-refractivity contribution in [2.75, 3.05) is 5.32 Å². The van der Waals surface area contributed by atoms with Gasteiger partial charge in [0.1, 0.15) is 0 Å². The Bertz CT molecular complexity index is 580. The second kappa shape index (κ2) is 3.95. The van der Waals surface area contributed by atoms with Crippen molar-refractivity contribution in [2.24, 2.45) is 0 Å².